The normalized spacial score (nSPS) is 11.5. The third kappa shape index (κ3) is 56.7. The summed E-state index contributed by atoms with van der Waals surface area (Å²) < 4.78 is 1.00. The maximum Gasteiger partial charge on any atom is 0.0675 e. The van der Waals surface area contributed by atoms with Crippen molar-refractivity contribution in [3.05, 3.63) is 24.3 Å². The van der Waals surface area contributed by atoms with Gasteiger partial charge in [0.15, 0.2) is 0 Å². The molecule has 0 aromatic carbocycles. The highest BCUT2D eigenvalue weighted by molar-refractivity contribution is 5.77. The van der Waals surface area contributed by atoms with Crippen molar-refractivity contribution in [2.24, 2.45) is 0 Å². The van der Waals surface area contributed by atoms with E-state index in [1.165, 1.54) is 6.08 Å². The number of carbonyl (C=O) groups is 1. The maximum atomic E-state index is 9.64. The molecule has 0 spiro atoms. The third-order valence-corrected chi connectivity index (χ3v) is 0.536. The van der Waals surface area contributed by atoms with Crippen LogP contribution < -0.4 is 5.11 Å². The zero-order valence-electron chi connectivity index (χ0n) is 9.07. The smallest absolute Gasteiger partial charge is 0.0675 e. The van der Waals surface area contributed by atoms with Crippen molar-refractivity contribution >= 4 is 5.97 Å². The first kappa shape index (κ1) is 14.4. The Morgan fingerprint density at radius 3 is 1.77 bits per heavy atom. The average Bonchev–Trinajstić information content (AvgIpc) is 1.83. The molecule has 0 aliphatic rings. The van der Waals surface area contributed by atoms with E-state index in [1.54, 1.807) is 19.1 Å². The Hall–Kier alpha value is -1.09. The van der Waals surface area contributed by atoms with Gasteiger partial charge in [-0.25, -0.2) is 0 Å². The van der Waals surface area contributed by atoms with Crippen LogP contribution in [-0.4, -0.2) is 38.6 Å². The van der Waals surface area contributed by atoms with E-state index >= 15 is 0 Å². The molecule has 0 saturated carbocycles. The molecule has 0 saturated heterocycles. The summed E-state index contributed by atoms with van der Waals surface area (Å²) >= 11 is 0. The molecule has 0 heterocycles. The van der Waals surface area contributed by atoms with Gasteiger partial charge in [0.2, 0.25) is 0 Å². The molecule has 0 aromatic heterocycles. The van der Waals surface area contributed by atoms with E-state index < -0.39 is 5.97 Å². The average molecular weight is 185 g/mol. The van der Waals surface area contributed by atoms with Crippen LogP contribution in [0.5, 0.6) is 0 Å². The fourth-order valence-electron chi connectivity index (χ4n) is 0.245. The minimum absolute atomic E-state index is 0.972. The number of carboxylic acid groups (broad SMARTS) is 1. The number of nitrogens with zero attached hydrogens (tertiary/aromatic N) is 1. The second kappa shape index (κ2) is 7.55. The monoisotopic (exact) mass is 185 g/mol. The lowest BCUT2D eigenvalue weighted by atomic mass is 10.4. The van der Waals surface area contributed by atoms with Gasteiger partial charge in [0.25, 0.3) is 0 Å². The van der Waals surface area contributed by atoms with Crippen molar-refractivity contribution < 1.29 is 14.4 Å². The van der Waals surface area contributed by atoms with E-state index in [2.05, 4.69) is 28.2 Å². The second-order valence-electron chi connectivity index (χ2n) is 3.89. The summed E-state index contributed by atoms with van der Waals surface area (Å²) in [7, 11) is 8.50. The zero-order chi connectivity index (χ0) is 10.9. The van der Waals surface area contributed by atoms with Gasteiger partial charge in [-0.1, -0.05) is 18.2 Å². The van der Waals surface area contributed by atoms with Gasteiger partial charge >= 0.3 is 0 Å². The predicted molar refractivity (Wildman–Crippen MR) is 52.9 cm³/mol. The highest BCUT2D eigenvalue weighted by Crippen LogP contribution is 1.73. The van der Waals surface area contributed by atoms with Crippen LogP contribution in [0.25, 0.3) is 0 Å². The Morgan fingerprint density at radius 1 is 1.15 bits per heavy atom. The standard InChI is InChI=1S/C6H8O2.C4H12N/c1-2-3-4-5-6(7)8;1-5(2,3)4/h2-5H,1H3,(H,7,8);1-4H3/q;+1/p-1/b3-2+,5-4+;. The third-order valence-electron chi connectivity index (χ3n) is 0.536. The fourth-order valence-corrected chi connectivity index (χ4v) is 0.245. The van der Waals surface area contributed by atoms with Gasteiger partial charge in [0.1, 0.15) is 0 Å². The number of allylic oxidation sites excluding steroid dienone is 3. The van der Waals surface area contributed by atoms with Crippen LogP contribution in [-0.2, 0) is 4.79 Å². The van der Waals surface area contributed by atoms with Crippen molar-refractivity contribution in [1.29, 1.82) is 0 Å². The molecule has 13 heavy (non-hydrogen) atoms. The highest BCUT2D eigenvalue weighted by atomic mass is 16.4. The van der Waals surface area contributed by atoms with E-state index in [0.29, 0.717) is 0 Å². The summed E-state index contributed by atoms with van der Waals surface area (Å²) in [6.45, 7) is 1.81. The van der Waals surface area contributed by atoms with Crippen LogP contribution in [0.2, 0.25) is 0 Å². The Morgan fingerprint density at radius 2 is 1.54 bits per heavy atom. The molecule has 0 bridgehead atoms. The lowest BCUT2D eigenvalue weighted by molar-refractivity contribution is -0.849. The molecule has 3 heteroatoms. The first-order valence-electron chi connectivity index (χ1n) is 4.06. The molecule has 3 nitrogen and oxygen atoms in total. The molecular weight excluding hydrogens is 166 g/mol. The molecule has 0 N–H and O–H groups in total. The zero-order valence-corrected chi connectivity index (χ0v) is 9.07. The molecule has 0 aliphatic carbocycles. The maximum absolute atomic E-state index is 9.64. The Kier molecular flexibility index (Phi) is 8.39. The Balaban J connectivity index is 0. The van der Waals surface area contributed by atoms with E-state index in [0.717, 1.165) is 10.6 Å². The Labute approximate surface area is 80.6 Å². The van der Waals surface area contributed by atoms with Crippen molar-refractivity contribution in [1.82, 2.24) is 0 Å². The molecule has 0 amide bonds. The van der Waals surface area contributed by atoms with Gasteiger partial charge in [0.05, 0.1) is 34.2 Å². The largest absolute Gasteiger partial charge is 0.545 e. The first-order chi connectivity index (χ1) is 5.77. The van der Waals surface area contributed by atoms with Gasteiger partial charge < -0.3 is 14.4 Å². The topological polar surface area (TPSA) is 40.1 Å². The van der Waals surface area contributed by atoms with E-state index in [9.17, 15) is 9.90 Å². The summed E-state index contributed by atoms with van der Waals surface area (Å²) in [5, 5.41) is 9.64. The van der Waals surface area contributed by atoms with Crippen LogP contribution in [0, 0.1) is 0 Å². The number of rotatable bonds is 2. The second-order valence-corrected chi connectivity index (χ2v) is 3.89. The minimum atomic E-state index is -1.16. The summed E-state index contributed by atoms with van der Waals surface area (Å²) in [5.41, 5.74) is 0. The van der Waals surface area contributed by atoms with Crippen LogP contribution in [0.3, 0.4) is 0 Å². The molecule has 0 rings (SSSR count). The van der Waals surface area contributed by atoms with Crippen LogP contribution in [0.15, 0.2) is 24.3 Å². The highest BCUT2D eigenvalue weighted by Gasteiger charge is 1.88. The molecular formula is C10H19NO2. The number of carbonyl (C=O) groups excluding carboxylic acids is 1. The van der Waals surface area contributed by atoms with Crippen molar-refractivity contribution in [3.8, 4) is 0 Å². The van der Waals surface area contributed by atoms with Gasteiger partial charge in [-0.2, -0.15) is 0 Å². The summed E-state index contributed by atoms with van der Waals surface area (Å²) in [5.74, 6) is -1.16. The molecule has 0 aromatic rings. The lowest BCUT2D eigenvalue weighted by Gasteiger charge is -2.14. The van der Waals surface area contributed by atoms with Gasteiger partial charge in [-0.15, -0.1) is 0 Å². The van der Waals surface area contributed by atoms with E-state index in [4.69, 9.17) is 0 Å². The summed E-state index contributed by atoms with van der Waals surface area (Å²) in [6.07, 6.45) is 5.74. The number of aliphatic carboxylic acids is 1. The molecule has 0 fully saturated rings. The van der Waals surface area contributed by atoms with Gasteiger partial charge in [-0.05, 0) is 13.0 Å². The lowest BCUT2D eigenvalue weighted by Crippen LogP contribution is -2.27. The Bertz CT molecular complexity index is 182. The molecule has 76 valence electrons. The van der Waals surface area contributed by atoms with Crippen molar-refractivity contribution in [3.63, 3.8) is 0 Å². The predicted octanol–water partition coefficient (Wildman–Crippen LogP) is 0.191. The number of carboxylic acids is 1. The number of quaternary nitrogens is 1. The van der Waals surface area contributed by atoms with E-state index in [-0.39, 0.29) is 0 Å². The fraction of sp³-hybridized carbons (Fsp3) is 0.500. The van der Waals surface area contributed by atoms with Crippen molar-refractivity contribution in [2.75, 3.05) is 28.2 Å². The van der Waals surface area contributed by atoms with E-state index in [1.807, 2.05) is 0 Å². The van der Waals surface area contributed by atoms with Crippen molar-refractivity contribution in [2.45, 2.75) is 6.92 Å². The number of hydrogen-bond donors (Lipinski definition) is 0. The number of hydrogen-bond acceptors (Lipinski definition) is 2. The molecule has 0 aliphatic heterocycles. The summed E-state index contributed by atoms with van der Waals surface area (Å²) in [4.78, 5) is 9.64. The first-order valence-corrected chi connectivity index (χ1v) is 4.06. The summed E-state index contributed by atoms with van der Waals surface area (Å²) in [6, 6.07) is 0. The van der Waals surface area contributed by atoms with Crippen LogP contribution in [0.4, 0.5) is 0 Å². The van der Waals surface area contributed by atoms with Crippen LogP contribution >= 0.6 is 0 Å². The van der Waals surface area contributed by atoms with Crippen LogP contribution in [0.1, 0.15) is 6.92 Å². The van der Waals surface area contributed by atoms with Gasteiger partial charge in [0, 0.05) is 0 Å². The SMILES string of the molecule is C/C=C/C=C/C(=O)[O-].C[N+](C)(C)C. The molecule has 0 radical (unpaired) electrons. The minimum Gasteiger partial charge on any atom is -0.545 e. The van der Waals surface area contributed by atoms with Gasteiger partial charge in [-0.3, -0.25) is 0 Å². The quantitative estimate of drug-likeness (QED) is 0.350. The molecule has 0 atom stereocenters. The molecule has 0 unspecified atom stereocenters.